The van der Waals surface area contributed by atoms with Crippen LogP contribution in [0.25, 0.3) is 0 Å². The van der Waals surface area contributed by atoms with Crippen LogP contribution in [0.1, 0.15) is 12.1 Å². The molecule has 1 saturated heterocycles. The monoisotopic (exact) mass is 244 g/mol. The molecule has 0 radical (unpaired) electrons. The second-order valence-corrected chi connectivity index (χ2v) is 4.27. The van der Waals surface area contributed by atoms with Crippen molar-refractivity contribution < 1.29 is 13.6 Å². The van der Waals surface area contributed by atoms with E-state index in [4.69, 9.17) is 0 Å². The molecule has 0 aromatic carbocycles. The summed E-state index contributed by atoms with van der Waals surface area (Å²) in [5.41, 5.74) is 0.769. The van der Waals surface area contributed by atoms with Crippen LogP contribution in [0, 0.1) is 0 Å². The van der Waals surface area contributed by atoms with Crippen molar-refractivity contribution in [2.24, 2.45) is 0 Å². The Kier molecular flexibility index (Phi) is 3.10. The highest BCUT2D eigenvalue weighted by Crippen LogP contribution is 2.25. The first-order valence-electron chi connectivity index (χ1n) is 5.32. The van der Waals surface area contributed by atoms with E-state index < -0.39 is 24.9 Å². The van der Waals surface area contributed by atoms with Gasteiger partial charge in [0.1, 0.15) is 0 Å². The summed E-state index contributed by atoms with van der Waals surface area (Å²) in [7, 11) is 1.58. The quantitative estimate of drug-likeness (QED) is 0.807. The molecule has 2 N–H and O–H groups in total. The molecule has 1 atom stereocenters. The van der Waals surface area contributed by atoms with Crippen molar-refractivity contribution in [3.05, 3.63) is 18.0 Å². The predicted octanol–water partition coefficient (Wildman–Crippen LogP) is 0.365. The number of rotatable bonds is 3. The molecule has 1 aromatic heterocycles. The van der Waals surface area contributed by atoms with E-state index in [1.54, 1.807) is 19.3 Å². The average Bonchev–Trinajstić information content (AvgIpc) is 2.86. The zero-order valence-corrected chi connectivity index (χ0v) is 9.41. The van der Waals surface area contributed by atoms with Gasteiger partial charge in [-0.05, 0) is 6.07 Å². The van der Waals surface area contributed by atoms with Crippen molar-refractivity contribution >= 4 is 5.91 Å². The van der Waals surface area contributed by atoms with E-state index in [-0.39, 0.29) is 5.91 Å². The Bertz CT molecular complexity index is 393. The van der Waals surface area contributed by atoms with Crippen LogP contribution >= 0.6 is 0 Å². The molecule has 0 spiro atoms. The molecule has 1 unspecified atom stereocenters. The maximum absolute atomic E-state index is 12.9. The summed E-state index contributed by atoms with van der Waals surface area (Å²) < 4.78 is 25.9. The van der Waals surface area contributed by atoms with Crippen LogP contribution < -0.4 is 5.32 Å². The number of carbonyl (C=O) groups is 1. The highest BCUT2D eigenvalue weighted by atomic mass is 19.3. The molecule has 2 heterocycles. The number of aromatic amines is 1. The molecule has 7 heteroatoms. The van der Waals surface area contributed by atoms with Crippen LogP contribution in [0.2, 0.25) is 0 Å². The third-order valence-electron chi connectivity index (χ3n) is 2.75. The van der Waals surface area contributed by atoms with E-state index in [1.165, 1.54) is 4.90 Å². The van der Waals surface area contributed by atoms with Gasteiger partial charge in [-0.3, -0.25) is 15.2 Å². The van der Waals surface area contributed by atoms with E-state index in [0.29, 0.717) is 6.54 Å². The summed E-state index contributed by atoms with van der Waals surface area (Å²) in [6, 6.07) is 0.943. The molecule has 1 aliphatic heterocycles. The number of halogens is 2. The van der Waals surface area contributed by atoms with Gasteiger partial charge in [-0.1, -0.05) is 0 Å². The highest BCUT2D eigenvalue weighted by molar-refractivity contribution is 5.82. The number of carbonyl (C=O) groups excluding carboxylic acids is 1. The first kappa shape index (κ1) is 12.0. The van der Waals surface area contributed by atoms with Crippen molar-refractivity contribution in [1.29, 1.82) is 0 Å². The lowest BCUT2D eigenvalue weighted by Gasteiger charge is -2.20. The van der Waals surface area contributed by atoms with E-state index >= 15 is 0 Å². The number of hydrogen-bond donors (Lipinski definition) is 2. The Morgan fingerprint density at radius 1 is 1.71 bits per heavy atom. The SMILES string of the molecule is CN(Cc1ccn[nH]1)C(=O)C1CC(F)(F)CN1. The average molecular weight is 244 g/mol. The second-order valence-electron chi connectivity index (χ2n) is 4.27. The zero-order chi connectivity index (χ0) is 12.5. The lowest BCUT2D eigenvalue weighted by molar-refractivity contribution is -0.133. The molecule has 0 aliphatic carbocycles. The van der Waals surface area contributed by atoms with Crippen LogP contribution in [0.15, 0.2) is 12.3 Å². The van der Waals surface area contributed by atoms with Crippen molar-refractivity contribution in [1.82, 2.24) is 20.4 Å². The van der Waals surface area contributed by atoms with Gasteiger partial charge in [0, 0.05) is 19.7 Å². The Balaban J connectivity index is 1.92. The predicted molar refractivity (Wildman–Crippen MR) is 56.4 cm³/mol. The van der Waals surface area contributed by atoms with Gasteiger partial charge >= 0.3 is 0 Å². The lowest BCUT2D eigenvalue weighted by Crippen LogP contribution is -2.41. The molecule has 0 bridgehead atoms. The van der Waals surface area contributed by atoms with E-state index in [2.05, 4.69) is 15.5 Å². The number of nitrogens with zero attached hydrogens (tertiary/aromatic N) is 2. The molecule has 94 valence electrons. The largest absolute Gasteiger partial charge is 0.339 e. The molecular weight excluding hydrogens is 230 g/mol. The van der Waals surface area contributed by atoms with Crippen LogP contribution in [-0.2, 0) is 11.3 Å². The standard InChI is InChI=1S/C10H14F2N4O/c1-16(5-7-2-3-14-15-7)9(17)8-4-10(11,12)6-13-8/h2-3,8,13H,4-6H2,1H3,(H,14,15). The summed E-state index contributed by atoms with van der Waals surface area (Å²) in [5, 5.41) is 9.01. The zero-order valence-electron chi connectivity index (χ0n) is 9.41. The minimum atomic E-state index is -2.78. The van der Waals surface area contributed by atoms with Gasteiger partial charge in [0.2, 0.25) is 5.91 Å². The topological polar surface area (TPSA) is 61.0 Å². The van der Waals surface area contributed by atoms with Gasteiger partial charge in [-0.2, -0.15) is 5.10 Å². The summed E-state index contributed by atoms with van der Waals surface area (Å²) in [5.74, 6) is -3.11. The van der Waals surface area contributed by atoms with Crippen LogP contribution in [-0.4, -0.2) is 46.6 Å². The van der Waals surface area contributed by atoms with Gasteiger partial charge in [-0.15, -0.1) is 0 Å². The normalized spacial score (nSPS) is 22.6. The van der Waals surface area contributed by atoms with E-state index in [1.807, 2.05) is 0 Å². The van der Waals surface area contributed by atoms with Gasteiger partial charge in [0.05, 0.1) is 24.8 Å². The summed E-state index contributed by atoms with van der Waals surface area (Å²) in [6.07, 6.45) is 1.15. The Morgan fingerprint density at radius 2 is 2.47 bits per heavy atom. The third-order valence-corrected chi connectivity index (χ3v) is 2.75. The van der Waals surface area contributed by atoms with E-state index in [0.717, 1.165) is 5.69 Å². The smallest absolute Gasteiger partial charge is 0.262 e. The first-order chi connectivity index (χ1) is 7.98. The molecular formula is C10H14F2N4O. The van der Waals surface area contributed by atoms with Gasteiger partial charge < -0.3 is 4.90 Å². The fraction of sp³-hybridized carbons (Fsp3) is 0.600. The van der Waals surface area contributed by atoms with Crippen molar-refractivity contribution in [2.75, 3.05) is 13.6 Å². The molecule has 2 rings (SSSR count). The van der Waals surface area contributed by atoms with Gasteiger partial charge in [0.15, 0.2) is 0 Å². The fourth-order valence-electron chi connectivity index (χ4n) is 1.86. The van der Waals surface area contributed by atoms with Crippen LogP contribution in [0.5, 0.6) is 0 Å². The molecule has 1 aromatic rings. The number of aromatic nitrogens is 2. The number of alkyl halides is 2. The number of likely N-dealkylation sites (N-methyl/N-ethyl adjacent to an activating group) is 1. The van der Waals surface area contributed by atoms with Gasteiger partial charge in [0.25, 0.3) is 5.92 Å². The van der Waals surface area contributed by atoms with Gasteiger partial charge in [-0.25, -0.2) is 8.78 Å². The minimum Gasteiger partial charge on any atom is -0.339 e. The molecule has 5 nitrogen and oxygen atoms in total. The molecule has 1 aliphatic rings. The summed E-state index contributed by atoms with van der Waals surface area (Å²) >= 11 is 0. The minimum absolute atomic E-state index is 0.322. The Labute approximate surface area is 97.2 Å². The number of amides is 1. The molecule has 17 heavy (non-hydrogen) atoms. The van der Waals surface area contributed by atoms with Crippen LogP contribution in [0.3, 0.4) is 0 Å². The number of H-pyrrole nitrogens is 1. The van der Waals surface area contributed by atoms with Crippen LogP contribution in [0.4, 0.5) is 8.78 Å². The van der Waals surface area contributed by atoms with Crippen molar-refractivity contribution in [2.45, 2.75) is 24.9 Å². The number of nitrogens with one attached hydrogen (secondary N) is 2. The maximum atomic E-state index is 12.9. The fourth-order valence-corrected chi connectivity index (χ4v) is 1.86. The first-order valence-corrected chi connectivity index (χ1v) is 5.32. The summed E-state index contributed by atoms with van der Waals surface area (Å²) in [4.78, 5) is 13.3. The third kappa shape index (κ3) is 2.79. The molecule has 1 amide bonds. The molecule has 0 saturated carbocycles. The lowest BCUT2D eigenvalue weighted by atomic mass is 10.1. The molecule has 1 fully saturated rings. The summed E-state index contributed by atoms with van der Waals surface area (Å²) in [6.45, 7) is -0.0934. The Morgan fingerprint density at radius 3 is 3.00 bits per heavy atom. The maximum Gasteiger partial charge on any atom is 0.262 e. The highest BCUT2D eigenvalue weighted by Gasteiger charge is 2.43. The van der Waals surface area contributed by atoms with Crippen molar-refractivity contribution in [3.8, 4) is 0 Å². The number of hydrogen-bond acceptors (Lipinski definition) is 3. The van der Waals surface area contributed by atoms with E-state index in [9.17, 15) is 13.6 Å². The second kappa shape index (κ2) is 4.40. The Hall–Kier alpha value is -1.50. The van der Waals surface area contributed by atoms with Crippen molar-refractivity contribution in [3.63, 3.8) is 0 Å².